The summed E-state index contributed by atoms with van der Waals surface area (Å²) in [6.07, 6.45) is 1.28. The van der Waals surface area contributed by atoms with Crippen molar-refractivity contribution < 1.29 is 45.6 Å². The van der Waals surface area contributed by atoms with E-state index in [0.29, 0.717) is 29.1 Å². The molecule has 2 unspecified atom stereocenters. The van der Waals surface area contributed by atoms with Gasteiger partial charge in [0.2, 0.25) is 5.79 Å². The van der Waals surface area contributed by atoms with Gasteiger partial charge in [0.25, 0.3) is 0 Å². The van der Waals surface area contributed by atoms with E-state index in [0.717, 1.165) is 0 Å². The van der Waals surface area contributed by atoms with Crippen molar-refractivity contribution in [3.8, 4) is 11.5 Å². The maximum atomic E-state index is 12.6. The molecule has 0 bridgehead atoms. The first-order chi connectivity index (χ1) is 12.7. The van der Waals surface area contributed by atoms with Gasteiger partial charge in [0.05, 0.1) is 22.8 Å². The predicted molar refractivity (Wildman–Crippen MR) is 98.3 cm³/mol. The van der Waals surface area contributed by atoms with Crippen LogP contribution in [-0.2, 0) is 27.8 Å². The maximum absolute atomic E-state index is 12.6. The van der Waals surface area contributed by atoms with Crippen molar-refractivity contribution in [2.45, 2.75) is 24.5 Å². The number of H-pyrrole nitrogens is 1. The molecule has 3 N–H and O–H groups in total. The van der Waals surface area contributed by atoms with Crippen LogP contribution in [0.3, 0.4) is 0 Å². The summed E-state index contributed by atoms with van der Waals surface area (Å²) in [6.45, 7) is 3.41. The average molecular weight is 455 g/mol. The SMILES string of the molecule is CC1(C)Oc2cc3[nH]cc(S(=O)(=O)CCOP(=O)(O)OP(C)(=O)O)c3cc2O1. The van der Waals surface area contributed by atoms with Crippen LogP contribution in [0.5, 0.6) is 11.5 Å². The Bertz CT molecular complexity index is 1120. The lowest BCUT2D eigenvalue weighted by molar-refractivity contribution is -0.0431. The van der Waals surface area contributed by atoms with Gasteiger partial charge in [-0.1, -0.05) is 0 Å². The van der Waals surface area contributed by atoms with E-state index in [1.165, 1.54) is 12.3 Å². The smallest absolute Gasteiger partial charge is 0.449 e. The number of nitrogens with one attached hydrogen (secondary N) is 1. The fourth-order valence-corrected chi connectivity index (χ4v) is 6.09. The summed E-state index contributed by atoms with van der Waals surface area (Å²) in [5.41, 5.74) is 0.503. The molecule has 0 radical (unpaired) electrons. The first-order valence-electron chi connectivity index (χ1n) is 7.92. The van der Waals surface area contributed by atoms with Gasteiger partial charge in [-0.2, -0.15) is 0 Å². The molecule has 156 valence electrons. The quantitative estimate of drug-likeness (QED) is 0.529. The van der Waals surface area contributed by atoms with Crippen LogP contribution in [0, 0.1) is 0 Å². The number of hydrogen-bond acceptors (Lipinski definition) is 8. The van der Waals surface area contributed by atoms with E-state index in [9.17, 15) is 22.4 Å². The average Bonchev–Trinajstić information content (AvgIpc) is 2.99. The van der Waals surface area contributed by atoms with Gasteiger partial charge in [-0.25, -0.2) is 17.3 Å². The Kier molecular flexibility index (Phi) is 5.21. The molecule has 14 heteroatoms. The minimum absolute atomic E-state index is 0.0563. The zero-order valence-electron chi connectivity index (χ0n) is 15.1. The summed E-state index contributed by atoms with van der Waals surface area (Å²) < 4.78 is 67.6. The predicted octanol–water partition coefficient (Wildman–Crippen LogP) is 2.40. The van der Waals surface area contributed by atoms with Gasteiger partial charge in [-0.3, -0.25) is 9.09 Å². The van der Waals surface area contributed by atoms with Gasteiger partial charge < -0.3 is 24.2 Å². The third kappa shape index (κ3) is 4.77. The molecule has 2 aromatic rings. The van der Waals surface area contributed by atoms with Crippen molar-refractivity contribution in [2.75, 3.05) is 19.0 Å². The van der Waals surface area contributed by atoms with Crippen LogP contribution in [0.4, 0.5) is 0 Å². The van der Waals surface area contributed by atoms with Gasteiger partial charge >= 0.3 is 15.4 Å². The van der Waals surface area contributed by atoms with Gasteiger partial charge in [-0.05, 0) is 6.07 Å². The van der Waals surface area contributed by atoms with E-state index >= 15 is 0 Å². The number of rotatable bonds is 7. The van der Waals surface area contributed by atoms with Gasteiger partial charge in [0.1, 0.15) is 0 Å². The number of ether oxygens (including phenoxy) is 2. The topological polar surface area (TPSA) is 161 Å². The molecule has 1 aromatic heterocycles. The Balaban J connectivity index is 1.79. The number of sulfone groups is 1. The zero-order chi connectivity index (χ0) is 21.0. The Morgan fingerprint density at radius 2 is 1.79 bits per heavy atom. The lowest BCUT2D eigenvalue weighted by Gasteiger charge is -2.16. The second-order valence-electron chi connectivity index (χ2n) is 6.61. The van der Waals surface area contributed by atoms with Gasteiger partial charge in [0.15, 0.2) is 21.3 Å². The van der Waals surface area contributed by atoms with Gasteiger partial charge in [-0.15, -0.1) is 0 Å². The minimum Gasteiger partial charge on any atom is -0.449 e. The maximum Gasteiger partial charge on any atom is 0.479 e. The van der Waals surface area contributed by atoms with Crippen molar-refractivity contribution in [1.29, 1.82) is 0 Å². The lowest BCUT2D eigenvalue weighted by atomic mass is 10.2. The Labute approximate surface area is 160 Å². The molecule has 1 aliphatic heterocycles. The molecule has 0 aliphatic carbocycles. The summed E-state index contributed by atoms with van der Waals surface area (Å²) in [6, 6.07) is 3.15. The molecule has 1 aliphatic rings. The molecular formula is C14H19NO10P2S. The summed E-state index contributed by atoms with van der Waals surface area (Å²) in [4.78, 5) is 21.1. The number of benzene rings is 1. The van der Waals surface area contributed by atoms with E-state index in [1.807, 2.05) is 0 Å². The second-order valence-corrected chi connectivity index (χ2v) is 12.1. The Morgan fingerprint density at radius 1 is 1.18 bits per heavy atom. The molecule has 1 aromatic carbocycles. The molecule has 0 amide bonds. The Hall–Kier alpha value is -1.39. The summed E-state index contributed by atoms with van der Waals surface area (Å²) >= 11 is 0. The molecule has 3 rings (SSSR count). The van der Waals surface area contributed by atoms with Crippen molar-refractivity contribution >= 4 is 36.2 Å². The third-order valence-electron chi connectivity index (χ3n) is 3.62. The standard InChI is InChI=1S/C14H19NO10P2S/c1-14(2)23-11-6-9-10(7-12(11)24-14)15-8-13(9)28(20,21)5-4-22-27(18,19)25-26(3,16)17/h6-8,15H,4-5H2,1-3H3,(H,16,17)(H,18,19). The van der Waals surface area contributed by atoms with Gasteiger partial charge in [0, 0.05) is 38.2 Å². The molecule has 2 atom stereocenters. The largest absolute Gasteiger partial charge is 0.479 e. The van der Waals surface area contributed by atoms with Crippen LogP contribution < -0.4 is 9.47 Å². The van der Waals surface area contributed by atoms with Crippen molar-refractivity contribution in [3.05, 3.63) is 18.3 Å². The van der Waals surface area contributed by atoms with Crippen LogP contribution >= 0.6 is 15.4 Å². The molecular weight excluding hydrogens is 436 g/mol. The normalized spacial score (nSPS) is 20.0. The van der Waals surface area contributed by atoms with Crippen LogP contribution in [0.1, 0.15) is 13.8 Å². The van der Waals surface area contributed by atoms with E-state index in [-0.39, 0.29) is 4.90 Å². The zero-order valence-corrected chi connectivity index (χ0v) is 17.7. The molecule has 11 nitrogen and oxygen atoms in total. The highest BCUT2D eigenvalue weighted by molar-refractivity contribution is 7.91. The number of phosphoric acid groups is 1. The Morgan fingerprint density at radius 3 is 2.39 bits per heavy atom. The first kappa shape index (κ1) is 21.3. The first-order valence-corrected chi connectivity index (χ1v) is 13.1. The fourth-order valence-electron chi connectivity index (χ4n) is 2.66. The van der Waals surface area contributed by atoms with Crippen LogP contribution in [0.25, 0.3) is 10.9 Å². The minimum atomic E-state index is -4.87. The van der Waals surface area contributed by atoms with E-state index in [4.69, 9.17) is 14.4 Å². The summed E-state index contributed by atoms with van der Waals surface area (Å²) in [5.74, 6) is -0.674. The summed E-state index contributed by atoms with van der Waals surface area (Å²) in [7, 11) is -13.1. The number of phosphoric ester groups is 1. The van der Waals surface area contributed by atoms with Crippen molar-refractivity contribution in [1.82, 2.24) is 4.98 Å². The van der Waals surface area contributed by atoms with Crippen molar-refractivity contribution in [2.24, 2.45) is 0 Å². The highest BCUT2D eigenvalue weighted by Crippen LogP contribution is 2.57. The monoisotopic (exact) mass is 455 g/mol. The van der Waals surface area contributed by atoms with E-state index in [1.54, 1.807) is 19.9 Å². The molecule has 2 heterocycles. The van der Waals surface area contributed by atoms with Crippen LogP contribution in [0.2, 0.25) is 0 Å². The highest BCUT2D eigenvalue weighted by Gasteiger charge is 2.34. The summed E-state index contributed by atoms with van der Waals surface area (Å²) in [5, 5.41) is 0.358. The lowest BCUT2D eigenvalue weighted by Crippen LogP contribution is -2.29. The van der Waals surface area contributed by atoms with E-state index < -0.39 is 43.4 Å². The molecule has 0 saturated heterocycles. The molecule has 0 fully saturated rings. The fraction of sp³-hybridized carbons (Fsp3) is 0.429. The molecule has 0 spiro atoms. The number of fused-ring (bicyclic) bond motifs is 2. The highest BCUT2D eigenvalue weighted by atomic mass is 32.2. The number of aromatic nitrogens is 1. The van der Waals surface area contributed by atoms with Crippen molar-refractivity contribution in [3.63, 3.8) is 0 Å². The molecule has 0 saturated carbocycles. The van der Waals surface area contributed by atoms with E-state index in [2.05, 4.69) is 13.8 Å². The van der Waals surface area contributed by atoms with Crippen LogP contribution in [-0.4, -0.2) is 48.0 Å². The molecule has 28 heavy (non-hydrogen) atoms. The van der Waals surface area contributed by atoms with Crippen LogP contribution in [0.15, 0.2) is 23.2 Å². The number of aromatic amines is 1. The third-order valence-corrected chi connectivity index (χ3v) is 7.87. The second kappa shape index (κ2) is 6.84. The number of hydrogen-bond donors (Lipinski definition) is 3.